The molecule has 0 aromatic heterocycles. The maximum atomic E-state index is 6.31. The summed E-state index contributed by atoms with van der Waals surface area (Å²) in [7, 11) is 0. The van der Waals surface area contributed by atoms with Gasteiger partial charge in [0.15, 0.2) is 0 Å². The Labute approximate surface area is 135 Å². The highest BCUT2D eigenvalue weighted by atomic mass is 16.5. The van der Waals surface area contributed by atoms with Crippen LogP contribution < -0.4 is 0 Å². The topological polar surface area (TPSA) is 12.5 Å². The molecular weight excluding hydrogens is 270 g/mol. The van der Waals surface area contributed by atoms with Gasteiger partial charge in [0, 0.05) is 0 Å². The van der Waals surface area contributed by atoms with Gasteiger partial charge in [0.1, 0.15) is 6.61 Å². The van der Waals surface area contributed by atoms with Gasteiger partial charge in [-0.1, -0.05) is 75.3 Å². The third-order valence-corrected chi connectivity index (χ3v) is 4.70. The molecule has 2 rings (SSSR count). The van der Waals surface area contributed by atoms with Crippen molar-refractivity contribution >= 4 is 0 Å². The van der Waals surface area contributed by atoms with E-state index < -0.39 is 0 Å². The second-order valence-corrected chi connectivity index (χ2v) is 6.02. The average molecular weight is 299 g/mol. The van der Waals surface area contributed by atoms with Crippen molar-refractivity contribution in [1.82, 2.24) is 4.90 Å². The number of nitrogens with zero attached hydrogens (tertiary/aromatic N) is 1. The van der Waals surface area contributed by atoms with Crippen molar-refractivity contribution in [2.45, 2.75) is 51.6 Å². The number of benzene rings is 1. The van der Waals surface area contributed by atoms with Crippen LogP contribution in [-0.2, 0) is 10.3 Å². The Morgan fingerprint density at radius 2 is 1.68 bits per heavy atom. The van der Waals surface area contributed by atoms with E-state index in [1.165, 1.54) is 24.8 Å². The Morgan fingerprint density at radius 3 is 2.32 bits per heavy atom. The minimum absolute atomic E-state index is 0.108. The van der Waals surface area contributed by atoms with Crippen molar-refractivity contribution in [1.29, 1.82) is 0 Å². The molecule has 0 amide bonds. The highest BCUT2D eigenvalue weighted by Gasteiger charge is 2.34. The van der Waals surface area contributed by atoms with Gasteiger partial charge < -0.3 is 4.74 Å². The molecule has 0 aliphatic heterocycles. The van der Waals surface area contributed by atoms with E-state index in [1.807, 2.05) is 0 Å². The van der Waals surface area contributed by atoms with Crippen LogP contribution >= 0.6 is 0 Å². The Hall–Kier alpha value is -1.30. The van der Waals surface area contributed by atoms with Gasteiger partial charge in [-0.3, -0.25) is 4.90 Å². The number of rotatable bonds is 6. The summed E-state index contributed by atoms with van der Waals surface area (Å²) in [6, 6.07) is 10.7. The Kier molecular flexibility index (Phi) is 6.96. The van der Waals surface area contributed by atoms with Crippen LogP contribution in [-0.4, -0.2) is 31.1 Å². The molecule has 1 aliphatic rings. The van der Waals surface area contributed by atoms with Gasteiger partial charge in [0.25, 0.3) is 0 Å². The normalized spacial score (nSPS) is 17.0. The molecule has 1 aliphatic carbocycles. The Balaban J connectivity index is 1.96. The summed E-state index contributed by atoms with van der Waals surface area (Å²) in [4.78, 5) is 2.32. The SMILES string of the molecule is CCN(CC)CC#CCOC1(c2ccccc2)CCCCC1. The predicted octanol–water partition coefficient (Wildman–Crippen LogP) is 4.21. The van der Waals surface area contributed by atoms with E-state index in [2.05, 4.69) is 60.9 Å². The van der Waals surface area contributed by atoms with Gasteiger partial charge in [-0.05, 0) is 31.5 Å². The molecule has 0 heterocycles. The summed E-state index contributed by atoms with van der Waals surface area (Å²) < 4.78 is 6.31. The number of hydrogen-bond acceptors (Lipinski definition) is 2. The van der Waals surface area contributed by atoms with Crippen LogP contribution in [0.4, 0.5) is 0 Å². The van der Waals surface area contributed by atoms with Crippen LogP contribution in [0.3, 0.4) is 0 Å². The maximum absolute atomic E-state index is 6.31. The van der Waals surface area contributed by atoms with E-state index in [-0.39, 0.29) is 5.60 Å². The molecule has 0 spiro atoms. The summed E-state index contributed by atoms with van der Waals surface area (Å²) in [5.41, 5.74) is 1.21. The van der Waals surface area contributed by atoms with E-state index in [1.54, 1.807) is 0 Å². The predicted molar refractivity (Wildman–Crippen MR) is 92.7 cm³/mol. The van der Waals surface area contributed by atoms with Gasteiger partial charge in [-0.15, -0.1) is 0 Å². The van der Waals surface area contributed by atoms with Crippen molar-refractivity contribution in [2.24, 2.45) is 0 Å². The quantitative estimate of drug-likeness (QED) is 0.730. The molecule has 2 nitrogen and oxygen atoms in total. The zero-order valence-corrected chi connectivity index (χ0v) is 14.1. The van der Waals surface area contributed by atoms with Crippen LogP contribution in [0, 0.1) is 11.8 Å². The zero-order chi connectivity index (χ0) is 15.7. The molecule has 0 radical (unpaired) electrons. The van der Waals surface area contributed by atoms with Gasteiger partial charge in [0.05, 0.1) is 12.1 Å². The number of hydrogen-bond donors (Lipinski definition) is 0. The summed E-state index contributed by atoms with van der Waals surface area (Å²) in [6.45, 7) is 7.84. The fourth-order valence-corrected chi connectivity index (χ4v) is 3.22. The molecule has 0 N–H and O–H groups in total. The molecule has 0 bridgehead atoms. The molecule has 1 saturated carbocycles. The smallest absolute Gasteiger partial charge is 0.108 e. The van der Waals surface area contributed by atoms with E-state index >= 15 is 0 Å². The lowest BCUT2D eigenvalue weighted by Gasteiger charge is -2.37. The maximum Gasteiger partial charge on any atom is 0.108 e. The highest BCUT2D eigenvalue weighted by molar-refractivity contribution is 5.23. The van der Waals surface area contributed by atoms with Crippen molar-refractivity contribution in [2.75, 3.05) is 26.2 Å². The zero-order valence-electron chi connectivity index (χ0n) is 14.1. The van der Waals surface area contributed by atoms with Crippen molar-refractivity contribution in [3.8, 4) is 11.8 Å². The van der Waals surface area contributed by atoms with Crippen LogP contribution in [0.15, 0.2) is 30.3 Å². The van der Waals surface area contributed by atoms with Crippen LogP contribution in [0.5, 0.6) is 0 Å². The third-order valence-electron chi connectivity index (χ3n) is 4.70. The lowest BCUT2D eigenvalue weighted by Crippen LogP contribution is -2.32. The lowest BCUT2D eigenvalue weighted by molar-refractivity contribution is -0.0609. The second-order valence-electron chi connectivity index (χ2n) is 6.02. The average Bonchev–Trinajstić information content (AvgIpc) is 2.60. The van der Waals surface area contributed by atoms with Gasteiger partial charge in [-0.25, -0.2) is 0 Å². The molecule has 0 unspecified atom stereocenters. The molecule has 22 heavy (non-hydrogen) atoms. The highest BCUT2D eigenvalue weighted by Crippen LogP contribution is 2.40. The minimum Gasteiger partial charge on any atom is -0.358 e. The van der Waals surface area contributed by atoms with Gasteiger partial charge in [0.2, 0.25) is 0 Å². The monoisotopic (exact) mass is 299 g/mol. The summed E-state index contributed by atoms with van der Waals surface area (Å²) in [5, 5.41) is 0. The minimum atomic E-state index is -0.108. The first kappa shape index (κ1) is 17.1. The molecule has 0 saturated heterocycles. The van der Waals surface area contributed by atoms with Crippen molar-refractivity contribution in [3.05, 3.63) is 35.9 Å². The second kappa shape index (κ2) is 8.98. The summed E-state index contributed by atoms with van der Waals surface area (Å²) in [6.07, 6.45) is 6.07. The Bertz CT molecular complexity index is 475. The fourth-order valence-electron chi connectivity index (χ4n) is 3.22. The van der Waals surface area contributed by atoms with E-state index in [9.17, 15) is 0 Å². The molecule has 1 aromatic carbocycles. The molecular formula is C20H29NO. The molecule has 120 valence electrons. The molecule has 0 atom stereocenters. The van der Waals surface area contributed by atoms with Crippen molar-refractivity contribution in [3.63, 3.8) is 0 Å². The Morgan fingerprint density at radius 1 is 1.00 bits per heavy atom. The first-order chi connectivity index (χ1) is 10.8. The molecule has 1 fully saturated rings. The lowest BCUT2D eigenvalue weighted by atomic mass is 9.79. The molecule has 1 aromatic rings. The van der Waals surface area contributed by atoms with Crippen molar-refractivity contribution < 1.29 is 4.74 Å². The van der Waals surface area contributed by atoms with Crippen LogP contribution in [0.2, 0.25) is 0 Å². The van der Waals surface area contributed by atoms with Crippen LogP contribution in [0.1, 0.15) is 51.5 Å². The van der Waals surface area contributed by atoms with Gasteiger partial charge in [-0.2, -0.15) is 0 Å². The number of ether oxygens (including phenoxy) is 1. The standard InChI is InChI=1S/C20H29NO/c1-3-21(4-2)17-11-12-18-22-20(15-9-6-10-16-20)19-13-7-5-8-14-19/h5,7-8,13-14H,3-4,6,9-10,15-18H2,1-2H3. The van der Waals surface area contributed by atoms with Gasteiger partial charge >= 0.3 is 0 Å². The largest absolute Gasteiger partial charge is 0.358 e. The third kappa shape index (κ3) is 4.60. The van der Waals surface area contributed by atoms with E-state index in [0.717, 1.165) is 32.5 Å². The fraction of sp³-hybridized carbons (Fsp3) is 0.600. The van der Waals surface area contributed by atoms with Crippen LogP contribution in [0.25, 0.3) is 0 Å². The molecule has 2 heteroatoms. The van der Waals surface area contributed by atoms with E-state index in [0.29, 0.717) is 6.61 Å². The van der Waals surface area contributed by atoms with E-state index in [4.69, 9.17) is 4.74 Å². The first-order valence-electron chi connectivity index (χ1n) is 8.68. The summed E-state index contributed by atoms with van der Waals surface area (Å²) >= 11 is 0. The first-order valence-corrected chi connectivity index (χ1v) is 8.68. The summed E-state index contributed by atoms with van der Waals surface area (Å²) in [5.74, 6) is 6.46.